The molecule has 0 aliphatic carbocycles. The maximum atomic E-state index is 9.58. The summed E-state index contributed by atoms with van der Waals surface area (Å²) >= 11 is 1.42. The van der Waals surface area contributed by atoms with Crippen molar-refractivity contribution < 1.29 is 14.2 Å². The zero-order valence-electron chi connectivity index (χ0n) is 15.2. The number of hydrogen-bond donors (Lipinski definition) is 0. The number of hydrogen-bond acceptors (Lipinski definition) is 6. The van der Waals surface area contributed by atoms with Gasteiger partial charge in [-0.15, -0.1) is 11.3 Å². The maximum Gasteiger partial charge on any atom is 0.161 e. The van der Waals surface area contributed by atoms with Gasteiger partial charge in [-0.2, -0.15) is 5.26 Å². The number of nitrogens with zero attached hydrogens (tertiary/aromatic N) is 2. The van der Waals surface area contributed by atoms with Crippen LogP contribution in [0, 0.1) is 11.3 Å². The van der Waals surface area contributed by atoms with Crippen LogP contribution in [0.25, 0.3) is 22.9 Å². The van der Waals surface area contributed by atoms with Gasteiger partial charge in [-0.1, -0.05) is 12.1 Å². The highest BCUT2D eigenvalue weighted by Gasteiger charge is 2.12. The number of methoxy groups -OCH3 is 3. The molecule has 3 rings (SSSR count). The van der Waals surface area contributed by atoms with E-state index in [2.05, 4.69) is 11.1 Å². The number of ether oxygens (including phenoxy) is 3. The van der Waals surface area contributed by atoms with E-state index in [1.165, 1.54) is 11.3 Å². The lowest BCUT2D eigenvalue weighted by atomic mass is 10.1. The van der Waals surface area contributed by atoms with Crippen LogP contribution in [0.5, 0.6) is 17.2 Å². The van der Waals surface area contributed by atoms with Crippen LogP contribution in [-0.2, 0) is 0 Å². The summed E-state index contributed by atoms with van der Waals surface area (Å²) in [6.07, 6.45) is 1.81. The summed E-state index contributed by atoms with van der Waals surface area (Å²) in [6.45, 7) is 0. The first-order valence-electron chi connectivity index (χ1n) is 8.12. The van der Waals surface area contributed by atoms with Gasteiger partial charge in [0.1, 0.15) is 16.8 Å². The van der Waals surface area contributed by atoms with Crippen molar-refractivity contribution in [1.29, 1.82) is 5.26 Å². The second-order valence-corrected chi connectivity index (χ2v) is 6.41. The highest BCUT2D eigenvalue weighted by atomic mass is 32.1. The zero-order valence-corrected chi connectivity index (χ0v) is 16.0. The van der Waals surface area contributed by atoms with Crippen LogP contribution in [0.3, 0.4) is 0 Å². The first kappa shape index (κ1) is 18.5. The Balaban J connectivity index is 1.94. The van der Waals surface area contributed by atoms with Crippen LogP contribution in [0.2, 0.25) is 0 Å². The van der Waals surface area contributed by atoms with Crippen LogP contribution in [0.1, 0.15) is 10.6 Å². The maximum absolute atomic E-state index is 9.58. The number of aromatic nitrogens is 1. The average molecular weight is 378 g/mol. The van der Waals surface area contributed by atoms with Crippen LogP contribution < -0.4 is 14.2 Å². The van der Waals surface area contributed by atoms with Crippen molar-refractivity contribution >= 4 is 23.0 Å². The Kier molecular flexibility index (Phi) is 5.74. The Morgan fingerprint density at radius 3 is 2.56 bits per heavy atom. The molecular weight excluding hydrogens is 360 g/mol. The molecule has 0 unspecified atom stereocenters. The molecule has 136 valence electrons. The fourth-order valence-corrected chi connectivity index (χ4v) is 3.36. The molecule has 0 radical (unpaired) electrons. The average Bonchev–Trinajstić information content (AvgIpc) is 3.21. The number of nitriles is 1. The molecule has 3 aromatic rings. The van der Waals surface area contributed by atoms with Gasteiger partial charge in [0.25, 0.3) is 0 Å². The standard InChI is InChI=1S/C21H18N2O3S/c1-24-17-6-4-5-14(10-17)9-16(12-22)21-23-18(13-27-21)15-7-8-19(25-2)20(11-15)26-3/h4-11,13H,1-3H3/b16-9-. The number of rotatable bonds is 6. The minimum atomic E-state index is 0.500. The van der Waals surface area contributed by atoms with E-state index in [0.717, 1.165) is 22.6 Å². The molecule has 0 N–H and O–H groups in total. The summed E-state index contributed by atoms with van der Waals surface area (Å²) in [5, 5.41) is 12.2. The van der Waals surface area contributed by atoms with Crippen LogP contribution in [0.15, 0.2) is 47.8 Å². The van der Waals surface area contributed by atoms with Crippen molar-refractivity contribution in [1.82, 2.24) is 4.98 Å². The van der Waals surface area contributed by atoms with Gasteiger partial charge in [0.05, 0.1) is 32.6 Å². The molecule has 1 heterocycles. The van der Waals surface area contributed by atoms with Crippen molar-refractivity contribution in [2.75, 3.05) is 21.3 Å². The van der Waals surface area contributed by atoms with Crippen molar-refractivity contribution in [2.45, 2.75) is 0 Å². The predicted molar refractivity (Wildman–Crippen MR) is 107 cm³/mol. The van der Waals surface area contributed by atoms with E-state index < -0.39 is 0 Å². The summed E-state index contributed by atoms with van der Waals surface area (Å²) in [7, 11) is 4.81. The van der Waals surface area contributed by atoms with Gasteiger partial charge in [0.2, 0.25) is 0 Å². The Bertz CT molecular complexity index is 1020. The molecule has 0 saturated heterocycles. The van der Waals surface area contributed by atoms with E-state index in [-0.39, 0.29) is 0 Å². The normalized spacial score (nSPS) is 11.0. The van der Waals surface area contributed by atoms with Crippen molar-refractivity contribution in [3.05, 3.63) is 58.4 Å². The highest BCUT2D eigenvalue weighted by Crippen LogP contribution is 2.34. The molecule has 0 bridgehead atoms. The molecule has 0 aliphatic rings. The fraction of sp³-hybridized carbons (Fsp3) is 0.143. The van der Waals surface area contributed by atoms with Crippen LogP contribution >= 0.6 is 11.3 Å². The first-order valence-corrected chi connectivity index (χ1v) is 9.00. The lowest BCUT2D eigenvalue weighted by Gasteiger charge is -2.08. The number of allylic oxidation sites excluding steroid dienone is 1. The molecule has 5 nitrogen and oxygen atoms in total. The van der Waals surface area contributed by atoms with E-state index in [9.17, 15) is 5.26 Å². The topological polar surface area (TPSA) is 64.4 Å². The minimum Gasteiger partial charge on any atom is -0.497 e. The van der Waals surface area contributed by atoms with Gasteiger partial charge in [-0.25, -0.2) is 4.98 Å². The smallest absolute Gasteiger partial charge is 0.161 e. The molecule has 0 atom stereocenters. The molecule has 0 amide bonds. The predicted octanol–water partition coefficient (Wildman–Crippen LogP) is 4.90. The van der Waals surface area contributed by atoms with E-state index in [1.54, 1.807) is 27.4 Å². The second kappa shape index (κ2) is 8.39. The number of thiazole rings is 1. The van der Waals surface area contributed by atoms with E-state index in [4.69, 9.17) is 14.2 Å². The summed E-state index contributed by atoms with van der Waals surface area (Å²) in [6, 6.07) is 15.4. The van der Waals surface area contributed by atoms with Gasteiger partial charge in [0.15, 0.2) is 11.5 Å². The van der Waals surface area contributed by atoms with E-state index >= 15 is 0 Å². The fourth-order valence-electron chi connectivity index (χ4n) is 2.57. The second-order valence-electron chi connectivity index (χ2n) is 5.55. The minimum absolute atomic E-state index is 0.500. The molecule has 0 spiro atoms. The molecule has 27 heavy (non-hydrogen) atoms. The summed E-state index contributed by atoms with van der Waals surface area (Å²) in [4.78, 5) is 4.62. The van der Waals surface area contributed by atoms with Gasteiger partial charge in [0, 0.05) is 10.9 Å². The van der Waals surface area contributed by atoms with Gasteiger partial charge >= 0.3 is 0 Å². The summed E-state index contributed by atoms with van der Waals surface area (Å²) in [5.41, 5.74) is 3.06. The Labute approximate surface area is 162 Å². The summed E-state index contributed by atoms with van der Waals surface area (Å²) in [5.74, 6) is 2.04. The van der Waals surface area contributed by atoms with Crippen LogP contribution in [-0.4, -0.2) is 26.3 Å². The third kappa shape index (κ3) is 4.10. The molecule has 1 aromatic heterocycles. The molecule has 6 heteroatoms. The SMILES string of the molecule is COc1cccc(/C=C(/C#N)c2nc(-c3ccc(OC)c(OC)c3)cs2)c1. The Morgan fingerprint density at radius 1 is 1.04 bits per heavy atom. The first-order chi connectivity index (χ1) is 13.2. The molecular formula is C21H18N2O3S. The quantitative estimate of drug-likeness (QED) is 0.571. The summed E-state index contributed by atoms with van der Waals surface area (Å²) < 4.78 is 15.8. The van der Waals surface area contributed by atoms with Gasteiger partial charge in [-0.05, 0) is 42.0 Å². The Hall–Kier alpha value is -3.30. The zero-order chi connectivity index (χ0) is 19.2. The molecule has 0 aliphatic heterocycles. The van der Waals surface area contributed by atoms with Gasteiger partial charge in [-0.3, -0.25) is 0 Å². The lowest BCUT2D eigenvalue weighted by molar-refractivity contribution is 0.355. The van der Waals surface area contributed by atoms with Gasteiger partial charge < -0.3 is 14.2 Å². The van der Waals surface area contributed by atoms with E-state index in [1.807, 2.05) is 47.8 Å². The van der Waals surface area contributed by atoms with Crippen molar-refractivity contribution in [2.24, 2.45) is 0 Å². The molecule has 0 saturated carbocycles. The molecule has 0 fully saturated rings. The largest absolute Gasteiger partial charge is 0.497 e. The van der Waals surface area contributed by atoms with Crippen molar-refractivity contribution in [3.63, 3.8) is 0 Å². The Morgan fingerprint density at radius 2 is 1.85 bits per heavy atom. The number of benzene rings is 2. The highest BCUT2D eigenvalue weighted by molar-refractivity contribution is 7.11. The van der Waals surface area contributed by atoms with E-state index in [0.29, 0.717) is 22.1 Å². The third-order valence-corrected chi connectivity index (χ3v) is 4.81. The monoisotopic (exact) mass is 378 g/mol. The van der Waals surface area contributed by atoms with Crippen molar-refractivity contribution in [3.8, 4) is 34.6 Å². The molecule has 2 aromatic carbocycles. The lowest BCUT2D eigenvalue weighted by Crippen LogP contribution is -1.91. The third-order valence-electron chi connectivity index (χ3n) is 3.94. The van der Waals surface area contributed by atoms with Crippen LogP contribution in [0.4, 0.5) is 0 Å².